The van der Waals surface area contributed by atoms with Gasteiger partial charge in [0, 0.05) is 29.7 Å². The molecule has 0 radical (unpaired) electrons. The third-order valence-corrected chi connectivity index (χ3v) is 7.57. The minimum absolute atomic E-state index is 0.141. The maximum absolute atomic E-state index is 14.1. The second kappa shape index (κ2) is 13.7. The number of nitrogens with zero attached hydrogens (tertiary/aromatic N) is 1. The Kier molecular flexibility index (Phi) is 10.1. The predicted molar refractivity (Wildman–Crippen MR) is 166 cm³/mol. The fourth-order valence-electron chi connectivity index (χ4n) is 5.26. The van der Waals surface area contributed by atoms with Crippen molar-refractivity contribution in [2.24, 2.45) is 11.8 Å². The molecule has 4 atom stereocenters. The summed E-state index contributed by atoms with van der Waals surface area (Å²) in [7, 11) is 3.71. The molecule has 0 saturated carbocycles. The average molecular weight is 574 g/mol. The minimum atomic E-state index is -1.05. The van der Waals surface area contributed by atoms with Crippen LogP contribution in [0.2, 0.25) is 0 Å². The molecule has 9 heteroatoms. The first-order chi connectivity index (χ1) is 20.0. The van der Waals surface area contributed by atoms with E-state index >= 15 is 0 Å². The molecule has 0 spiro atoms. The van der Waals surface area contributed by atoms with E-state index in [1.54, 1.807) is 12.3 Å². The van der Waals surface area contributed by atoms with Gasteiger partial charge in [-0.1, -0.05) is 58.0 Å². The van der Waals surface area contributed by atoms with Crippen molar-refractivity contribution in [1.82, 2.24) is 25.8 Å². The summed E-state index contributed by atoms with van der Waals surface area (Å²) in [5.41, 5.74) is 2.72. The number of para-hydroxylation sites is 1. The summed E-state index contributed by atoms with van der Waals surface area (Å²) in [6.45, 7) is 8.02. The molecule has 5 rings (SSSR count). The molecule has 0 saturated heterocycles. The summed E-state index contributed by atoms with van der Waals surface area (Å²) >= 11 is 0. The van der Waals surface area contributed by atoms with Crippen LogP contribution in [-0.4, -0.2) is 65.9 Å². The second-order valence-corrected chi connectivity index (χ2v) is 12.0. The zero-order chi connectivity index (χ0) is 30.4. The fourth-order valence-corrected chi connectivity index (χ4v) is 5.26. The van der Waals surface area contributed by atoms with Crippen LogP contribution in [0.3, 0.4) is 0 Å². The lowest BCUT2D eigenvalue weighted by atomic mass is 9.96. The van der Waals surface area contributed by atoms with Crippen molar-refractivity contribution in [1.29, 1.82) is 0 Å². The molecule has 9 nitrogen and oxygen atoms in total. The highest BCUT2D eigenvalue weighted by Crippen LogP contribution is 2.23. The van der Waals surface area contributed by atoms with Crippen molar-refractivity contribution in [3.8, 4) is 5.75 Å². The number of nitrogens with one attached hydrogen (secondary N) is 4. The van der Waals surface area contributed by atoms with Gasteiger partial charge in [0.2, 0.25) is 17.7 Å². The molecule has 3 aromatic rings. The van der Waals surface area contributed by atoms with E-state index in [1.165, 1.54) is 0 Å². The van der Waals surface area contributed by atoms with Gasteiger partial charge >= 0.3 is 0 Å². The van der Waals surface area contributed by atoms with Gasteiger partial charge in [0.25, 0.3) is 0 Å². The minimum Gasteiger partial charge on any atom is -0.487 e. The molecule has 0 fully saturated rings. The molecule has 1 aromatic heterocycles. The third-order valence-electron chi connectivity index (χ3n) is 7.57. The highest BCUT2D eigenvalue weighted by atomic mass is 16.5. The number of carbonyl (C=O) groups excluding carboxylic acids is 3. The van der Waals surface area contributed by atoms with Crippen molar-refractivity contribution < 1.29 is 19.1 Å². The van der Waals surface area contributed by atoms with Crippen LogP contribution in [0.15, 0.2) is 60.9 Å². The SMILES string of the molecule is CC(C)CC(C(=O)NC1C(=O)NC(Cc2c[nH]c3ccccc23)C(=O)NC=Cc2ccc(cc2)OC1C(C)C)N(C)C. The fraction of sp³-hybridized carbons (Fsp3) is 0.424. The lowest BCUT2D eigenvalue weighted by Gasteiger charge is -2.34. The number of hydrogen-bond acceptors (Lipinski definition) is 5. The number of benzene rings is 2. The maximum atomic E-state index is 14.1. The number of amides is 3. The normalized spacial score (nSPS) is 20.4. The zero-order valence-corrected chi connectivity index (χ0v) is 25.3. The third kappa shape index (κ3) is 7.59. The standard InChI is InChI=1S/C33H43N5O4/c1-20(2)17-28(38(5)6)32(40)37-29-30(21(3)4)42-24-13-11-22(12-14-24)15-16-34-31(39)27(36-33(29)41)18-23-19-35-26-10-8-7-9-25(23)26/h7-16,19-21,27-30,35H,17-18H2,1-6H3,(H,34,39)(H,36,41)(H,37,40). The molecule has 42 heavy (non-hydrogen) atoms. The largest absolute Gasteiger partial charge is 0.487 e. The van der Waals surface area contributed by atoms with Crippen LogP contribution in [0, 0.1) is 11.8 Å². The van der Waals surface area contributed by atoms with Gasteiger partial charge in [-0.15, -0.1) is 0 Å². The summed E-state index contributed by atoms with van der Waals surface area (Å²) in [4.78, 5) is 46.4. The number of carbonyl (C=O) groups is 3. The van der Waals surface area contributed by atoms with Gasteiger partial charge in [-0.25, -0.2) is 0 Å². The van der Waals surface area contributed by atoms with Gasteiger partial charge in [0.1, 0.15) is 23.9 Å². The Bertz CT molecular complexity index is 1410. The van der Waals surface area contributed by atoms with Gasteiger partial charge in [-0.2, -0.15) is 0 Å². The smallest absolute Gasteiger partial charge is 0.247 e. The first-order valence-corrected chi connectivity index (χ1v) is 14.6. The monoisotopic (exact) mass is 573 g/mol. The zero-order valence-electron chi connectivity index (χ0n) is 25.3. The predicted octanol–water partition coefficient (Wildman–Crippen LogP) is 3.86. The average Bonchev–Trinajstić information content (AvgIpc) is 3.35. The molecule has 2 aliphatic heterocycles. The first kappa shape index (κ1) is 30.8. The number of aromatic amines is 1. The van der Waals surface area contributed by atoms with E-state index in [0.717, 1.165) is 22.0 Å². The molecule has 2 aromatic carbocycles. The van der Waals surface area contributed by atoms with Crippen LogP contribution < -0.4 is 20.7 Å². The van der Waals surface area contributed by atoms with Gasteiger partial charge < -0.3 is 25.7 Å². The van der Waals surface area contributed by atoms with Crippen molar-refractivity contribution >= 4 is 34.7 Å². The van der Waals surface area contributed by atoms with E-state index in [9.17, 15) is 14.4 Å². The van der Waals surface area contributed by atoms with Gasteiger partial charge in [-0.3, -0.25) is 19.3 Å². The van der Waals surface area contributed by atoms with E-state index in [2.05, 4.69) is 34.8 Å². The number of fused-ring (bicyclic) bond motifs is 11. The molecule has 3 heterocycles. The molecule has 2 bridgehead atoms. The van der Waals surface area contributed by atoms with Gasteiger partial charge in [0.15, 0.2) is 0 Å². The number of rotatable bonds is 8. The summed E-state index contributed by atoms with van der Waals surface area (Å²) in [6.07, 6.45) is 5.40. The van der Waals surface area contributed by atoms with Crippen LogP contribution in [-0.2, 0) is 20.8 Å². The Hall–Kier alpha value is -4.11. The van der Waals surface area contributed by atoms with E-state index in [1.807, 2.05) is 87.6 Å². The van der Waals surface area contributed by atoms with E-state index in [0.29, 0.717) is 12.2 Å². The summed E-state index contributed by atoms with van der Waals surface area (Å²) in [5, 5.41) is 9.77. The number of H-pyrrole nitrogens is 1. The van der Waals surface area contributed by atoms with Crippen molar-refractivity contribution in [2.45, 2.75) is 64.8 Å². The molecular weight excluding hydrogens is 530 g/mol. The quantitative estimate of drug-likeness (QED) is 0.327. The van der Waals surface area contributed by atoms with Crippen LogP contribution in [0.25, 0.3) is 17.0 Å². The Labute approximate surface area is 248 Å². The molecule has 224 valence electrons. The highest BCUT2D eigenvalue weighted by Gasteiger charge is 2.38. The highest BCUT2D eigenvalue weighted by molar-refractivity contribution is 5.94. The van der Waals surface area contributed by atoms with E-state index in [-0.39, 0.29) is 30.1 Å². The molecular formula is C33H43N5O4. The van der Waals surface area contributed by atoms with Crippen LogP contribution in [0.4, 0.5) is 0 Å². The second-order valence-electron chi connectivity index (χ2n) is 12.0. The number of likely N-dealkylation sites (N-methyl/N-ethyl adjacent to an activating group) is 1. The lowest BCUT2D eigenvalue weighted by Crippen LogP contribution is -2.62. The van der Waals surface area contributed by atoms with E-state index in [4.69, 9.17) is 4.74 Å². The number of ether oxygens (including phenoxy) is 1. The van der Waals surface area contributed by atoms with Crippen LogP contribution in [0.5, 0.6) is 5.75 Å². The Morgan fingerprint density at radius 2 is 1.71 bits per heavy atom. The van der Waals surface area contributed by atoms with Crippen LogP contribution in [0.1, 0.15) is 45.2 Å². The van der Waals surface area contributed by atoms with Crippen molar-refractivity contribution in [3.63, 3.8) is 0 Å². The summed E-state index contributed by atoms with van der Waals surface area (Å²) in [6, 6.07) is 12.8. The molecule has 3 amide bonds. The van der Waals surface area contributed by atoms with Crippen LogP contribution >= 0.6 is 0 Å². The first-order valence-electron chi connectivity index (χ1n) is 14.6. The Morgan fingerprint density at radius 1 is 1.00 bits per heavy atom. The molecule has 0 aliphatic carbocycles. The molecule has 4 unspecified atom stereocenters. The van der Waals surface area contributed by atoms with Crippen molar-refractivity contribution in [3.05, 3.63) is 72.1 Å². The van der Waals surface area contributed by atoms with Gasteiger partial charge in [-0.05, 0) is 67.8 Å². The summed E-state index contributed by atoms with van der Waals surface area (Å²) < 4.78 is 6.39. The lowest BCUT2D eigenvalue weighted by molar-refractivity contribution is -0.136. The number of aromatic nitrogens is 1. The maximum Gasteiger partial charge on any atom is 0.247 e. The van der Waals surface area contributed by atoms with Gasteiger partial charge in [0.05, 0.1) is 6.04 Å². The Morgan fingerprint density at radius 3 is 2.38 bits per heavy atom. The van der Waals surface area contributed by atoms with Crippen molar-refractivity contribution in [2.75, 3.05) is 14.1 Å². The summed E-state index contributed by atoms with van der Waals surface area (Å²) in [5.74, 6) is -0.398. The topological polar surface area (TPSA) is 116 Å². The molecule has 2 aliphatic rings. The number of hydrogen-bond donors (Lipinski definition) is 4. The Balaban J connectivity index is 1.72. The molecule has 4 N–H and O–H groups in total. The van der Waals surface area contributed by atoms with E-state index < -0.39 is 30.1 Å².